The SMILES string of the molecule is COC(=O)C1C2CC3CC1CC(NC(=O)[C@H](Cc1ccccc1)NC(=O)CNC(=O)[C@@H](CCSC)NC(=O)[C@@H](N)Cc1ccc(O)cc1)(C3)C2. The summed E-state index contributed by atoms with van der Waals surface area (Å²) < 4.78 is 5.13. The normalized spacial score (nSPS) is 25.1. The van der Waals surface area contributed by atoms with E-state index in [9.17, 15) is 29.1 Å². The molecule has 4 aliphatic rings. The van der Waals surface area contributed by atoms with E-state index >= 15 is 0 Å². The van der Waals surface area contributed by atoms with Gasteiger partial charge in [-0.05, 0) is 98.0 Å². The van der Waals surface area contributed by atoms with E-state index in [2.05, 4.69) is 21.3 Å². The molecule has 0 saturated heterocycles. The number of phenols is 1. The number of esters is 1. The Kier molecular flexibility index (Phi) is 12.4. The summed E-state index contributed by atoms with van der Waals surface area (Å²) in [5, 5.41) is 21.0. The summed E-state index contributed by atoms with van der Waals surface area (Å²) in [4.78, 5) is 66.0. The number of carbonyl (C=O) groups excluding carboxylic acids is 5. The molecule has 4 saturated carbocycles. The Bertz CT molecular complexity index is 1510. The predicted molar refractivity (Wildman–Crippen MR) is 190 cm³/mol. The highest BCUT2D eigenvalue weighted by Crippen LogP contribution is 2.58. The molecule has 2 aromatic rings. The Morgan fingerprint density at radius 2 is 1.54 bits per heavy atom. The van der Waals surface area contributed by atoms with Crippen LogP contribution in [0.15, 0.2) is 54.6 Å². The Labute approximate surface area is 297 Å². The predicted octanol–water partition coefficient (Wildman–Crippen LogP) is 1.83. The number of aromatic hydroxyl groups is 1. The number of nitrogens with one attached hydrogen (secondary N) is 4. The fourth-order valence-electron chi connectivity index (χ4n) is 8.40. The van der Waals surface area contributed by atoms with Crippen LogP contribution in [0.25, 0.3) is 0 Å². The van der Waals surface area contributed by atoms with E-state index in [1.54, 1.807) is 12.1 Å². The van der Waals surface area contributed by atoms with Crippen molar-refractivity contribution in [2.24, 2.45) is 29.4 Å². The standard InChI is InChI=1S/C37H49N5O7S/c1-49-36(48)32-25-14-24-15-26(32)20-37(18-24,19-25)42-35(47)30(17-22-6-4-3-5-7-22)40-31(44)21-39-34(46)29(12-13-50-2)41-33(45)28(38)16-23-8-10-27(43)11-9-23/h3-11,24-26,28-30,32,43H,12-21,38H2,1-2H3,(H,39,46)(H,40,44)(H,41,45)(H,42,47)/t24?,25?,26?,28-,29+,30-,32?,37?/m0/s1. The summed E-state index contributed by atoms with van der Waals surface area (Å²) in [6.07, 6.45) is 6.86. The van der Waals surface area contributed by atoms with Crippen molar-refractivity contribution in [3.63, 3.8) is 0 Å². The minimum atomic E-state index is -0.926. The van der Waals surface area contributed by atoms with Gasteiger partial charge in [-0.25, -0.2) is 0 Å². The molecule has 4 bridgehead atoms. The molecular weight excluding hydrogens is 659 g/mol. The van der Waals surface area contributed by atoms with Gasteiger partial charge < -0.3 is 36.8 Å². The number of carbonyl (C=O) groups is 5. The number of rotatable bonds is 16. The van der Waals surface area contributed by atoms with Crippen LogP contribution in [0.3, 0.4) is 0 Å². The van der Waals surface area contributed by atoms with Gasteiger partial charge in [0.15, 0.2) is 0 Å². The van der Waals surface area contributed by atoms with E-state index in [1.165, 1.54) is 31.0 Å². The molecule has 2 unspecified atom stereocenters. The average Bonchev–Trinajstić information content (AvgIpc) is 3.09. The van der Waals surface area contributed by atoms with Gasteiger partial charge >= 0.3 is 5.97 Å². The molecule has 270 valence electrons. The van der Waals surface area contributed by atoms with E-state index in [0.717, 1.165) is 30.4 Å². The number of amides is 4. The summed E-state index contributed by atoms with van der Waals surface area (Å²) >= 11 is 1.52. The van der Waals surface area contributed by atoms with Gasteiger partial charge in [0.1, 0.15) is 17.8 Å². The summed E-state index contributed by atoms with van der Waals surface area (Å²) in [6.45, 7) is -0.388. The number of nitrogens with two attached hydrogens (primary N) is 1. The van der Waals surface area contributed by atoms with Gasteiger partial charge in [-0.1, -0.05) is 42.5 Å². The quantitative estimate of drug-likeness (QED) is 0.142. The molecule has 0 aromatic heterocycles. The fourth-order valence-corrected chi connectivity index (χ4v) is 8.88. The van der Waals surface area contributed by atoms with Gasteiger partial charge in [0, 0.05) is 12.0 Å². The molecule has 4 amide bonds. The van der Waals surface area contributed by atoms with Crippen LogP contribution in [0.5, 0.6) is 5.75 Å². The Morgan fingerprint density at radius 3 is 2.18 bits per heavy atom. The second-order valence-corrected chi connectivity index (χ2v) is 15.1. The topological polar surface area (TPSA) is 189 Å². The van der Waals surface area contributed by atoms with Crippen molar-refractivity contribution in [1.29, 1.82) is 0 Å². The van der Waals surface area contributed by atoms with Gasteiger partial charge in [0.25, 0.3) is 0 Å². The first kappa shape index (κ1) is 37.2. The highest BCUT2D eigenvalue weighted by molar-refractivity contribution is 7.98. The lowest BCUT2D eigenvalue weighted by atomic mass is 9.49. The van der Waals surface area contributed by atoms with E-state index < -0.39 is 41.4 Å². The molecule has 0 radical (unpaired) electrons. The molecule has 0 aliphatic heterocycles. The number of thioether (sulfide) groups is 1. The molecule has 4 aliphatic carbocycles. The Morgan fingerprint density at radius 1 is 0.880 bits per heavy atom. The van der Waals surface area contributed by atoms with Crippen molar-refractivity contribution in [1.82, 2.24) is 21.3 Å². The average molecular weight is 708 g/mol. The van der Waals surface area contributed by atoms with E-state index in [1.807, 2.05) is 36.6 Å². The molecule has 13 heteroatoms. The first-order chi connectivity index (χ1) is 24.0. The number of hydrogen-bond acceptors (Lipinski definition) is 9. The summed E-state index contributed by atoms with van der Waals surface area (Å²) in [5.41, 5.74) is 7.33. The number of methoxy groups -OCH3 is 1. The van der Waals surface area contributed by atoms with Crippen molar-refractivity contribution >= 4 is 41.4 Å². The van der Waals surface area contributed by atoms with Crippen molar-refractivity contribution < 1.29 is 33.8 Å². The highest BCUT2D eigenvalue weighted by atomic mass is 32.2. The lowest BCUT2D eigenvalue weighted by Gasteiger charge is -2.59. The van der Waals surface area contributed by atoms with Crippen LogP contribution in [0.4, 0.5) is 0 Å². The molecule has 4 fully saturated rings. The zero-order valence-corrected chi connectivity index (χ0v) is 29.5. The Balaban J connectivity index is 1.19. The Hall–Kier alpha value is -4.10. The molecule has 5 atom stereocenters. The zero-order valence-electron chi connectivity index (χ0n) is 28.7. The monoisotopic (exact) mass is 707 g/mol. The second kappa shape index (κ2) is 16.7. The number of benzene rings is 2. The third-order valence-electron chi connectivity index (χ3n) is 10.5. The van der Waals surface area contributed by atoms with Crippen LogP contribution in [-0.2, 0) is 41.6 Å². The van der Waals surface area contributed by atoms with Crippen LogP contribution >= 0.6 is 11.8 Å². The maximum Gasteiger partial charge on any atom is 0.309 e. The molecular formula is C37H49N5O7S. The molecule has 0 heterocycles. The van der Waals surface area contributed by atoms with Gasteiger partial charge in [-0.15, -0.1) is 0 Å². The summed E-state index contributed by atoms with van der Waals surface area (Å²) in [5.74, 6) is -0.718. The van der Waals surface area contributed by atoms with Crippen LogP contribution in [0.1, 0.15) is 49.7 Å². The lowest BCUT2D eigenvalue weighted by Crippen LogP contribution is -2.65. The van der Waals surface area contributed by atoms with Crippen molar-refractivity contribution in [3.8, 4) is 5.75 Å². The van der Waals surface area contributed by atoms with Crippen LogP contribution < -0.4 is 27.0 Å². The van der Waals surface area contributed by atoms with E-state index in [4.69, 9.17) is 10.5 Å². The maximum absolute atomic E-state index is 14.0. The lowest BCUT2D eigenvalue weighted by molar-refractivity contribution is -0.162. The van der Waals surface area contributed by atoms with Gasteiger partial charge in [0.2, 0.25) is 23.6 Å². The third kappa shape index (κ3) is 9.36. The summed E-state index contributed by atoms with van der Waals surface area (Å²) in [7, 11) is 1.43. The molecule has 12 nitrogen and oxygen atoms in total. The number of hydrogen-bond donors (Lipinski definition) is 6. The zero-order chi connectivity index (χ0) is 35.8. The van der Waals surface area contributed by atoms with Gasteiger partial charge in [0.05, 0.1) is 25.6 Å². The number of phenolic OH excluding ortho intramolecular Hbond substituents is 1. The first-order valence-corrected chi connectivity index (χ1v) is 18.7. The van der Waals surface area contributed by atoms with Gasteiger partial charge in [-0.3, -0.25) is 24.0 Å². The smallest absolute Gasteiger partial charge is 0.309 e. The van der Waals surface area contributed by atoms with Crippen LogP contribution in [0.2, 0.25) is 0 Å². The minimum absolute atomic E-state index is 0.106. The molecule has 7 N–H and O–H groups in total. The molecule has 0 spiro atoms. The minimum Gasteiger partial charge on any atom is -0.508 e. The van der Waals surface area contributed by atoms with E-state index in [-0.39, 0.29) is 54.8 Å². The van der Waals surface area contributed by atoms with Crippen molar-refractivity contribution in [3.05, 3.63) is 65.7 Å². The largest absolute Gasteiger partial charge is 0.508 e. The van der Waals surface area contributed by atoms with Crippen molar-refractivity contribution in [2.45, 2.75) is 75.0 Å². The fraction of sp³-hybridized carbons (Fsp3) is 0.541. The van der Waals surface area contributed by atoms with Gasteiger partial charge in [-0.2, -0.15) is 11.8 Å². The third-order valence-corrected chi connectivity index (χ3v) is 11.1. The van der Waals surface area contributed by atoms with E-state index in [0.29, 0.717) is 30.9 Å². The second-order valence-electron chi connectivity index (χ2n) is 14.1. The summed E-state index contributed by atoms with van der Waals surface area (Å²) in [6, 6.07) is 13.1. The van der Waals surface area contributed by atoms with Crippen molar-refractivity contribution in [2.75, 3.05) is 25.7 Å². The molecule has 6 rings (SSSR count). The molecule has 50 heavy (non-hydrogen) atoms. The highest BCUT2D eigenvalue weighted by Gasteiger charge is 2.58. The first-order valence-electron chi connectivity index (χ1n) is 17.3. The van der Waals surface area contributed by atoms with Crippen LogP contribution in [-0.4, -0.2) is 84.0 Å². The maximum atomic E-state index is 14.0. The number of ether oxygens (including phenoxy) is 1. The molecule has 2 aromatic carbocycles. The van der Waals surface area contributed by atoms with Crippen LogP contribution in [0, 0.1) is 23.7 Å².